The molecule has 31 heavy (non-hydrogen) atoms. The van der Waals surface area contributed by atoms with Crippen molar-refractivity contribution in [3.63, 3.8) is 0 Å². The molecule has 0 N–H and O–H groups in total. The van der Waals surface area contributed by atoms with Crippen molar-refractivity contribution in [2.45, 2.75) is 26.7 Å². The Kier molecular flexibility index (Phi) is 6.80. The minimum atomic E-state index is -0.290. The maximum atomic E-state index is 13.2. The minimum Gasteiger partial charge on any atom is -0.494 e. The Balaban J connectivity index is 1.38. The number of amides is 2. The van der Waals surface area contributed by atoms with Crippen LogP contribution in [0.3, 0.4) is 0 Å². The second kappa shape index (κ2) is 9.72. The van der Waals surface area contributed by atoms with Crippen molar-refractivity contribution in [1.82, 2.24) is 14.8 Å². The summed E-state index contributed by atoms with van der Waals surface area (Å²) in [5.41, 5.74) is 0.965. The van der Waals surface area contributed by atoms with E-state index in [9.17, 15) is 9.59 Å². The first-order valence-corrected chi connectivity index (χ1v) is 11.9. The second-order valence-corrected chi connectivity index (χ2v) is 8.86. The van der Waals surface area contributed by atoms with Gasteiger partial charge in [-0.3, -0.25) is 4.79 Å². The number of anilines is 1. The molecule has 1 aromatic heterocycles. The maximum absolute atomic E-state index is 13.2. The van der Waals surface area contributed by atoms with Crippen molar-refractivity contribution in [1.29, 1.82) is 0 Å². The largest absolute Gasteiger partial charge is 0.494 e. The number of benzene rings is 1. The molecule has 2 aliphatic heterocycles. The Bertz CT molecular complexity index is 925. The van der Waals surface area contributed by atoms with Crippen LogP contribution in [0, 0.1) is 5.92 Å². The highest BCUT2D eigenvalue weighted by atomic mass is 32.1. The van der Waals surface area contributed by atoms with E-state index in [-0.39, 0.29) is 17.9 Å². The molecule has 0 bridgehead atoms. The molecule has 0 unspecified atom stereocenters. The van der Waals surface area contributed by atoms with Crippen molar-refractivity contribution in [3.8, 4) is 5.75 Å². The average Bonchev–Trinajstić information content (AvgIpc) is 3.23. The predicted octanol–water partition coefficient (Wildman–Crippen LogP) is 3.21. The van der Waals surface area contributed by atoms with Crippen LogP contribution in [-0.2, 0) is 9.53 Å². The molecule has 4 rings (SSSR count). The number of fused-ring (bicyclic) bond motifs is 1. The molecule has 2 fully saturated rings. The third-order valence-corrected chi connectivity index (χ3v) is 6.90. The number of piperidine rings is 1. The summed E-state index contributed by atoms with van der Waals surface area (Å²) in [7, 11) is 0. The Hall–Kier alpha value is -2.55. The molecule has 0 aliphatic carbocycles. The Morgan fingerprint density at radius 3 is 2.61 bits per heavy atom. The fourth-order valence-corrected chi connectivity index (χ4v) is 5.25. The first kappa shape index (κ1) is 21.7. The number of hydrogen-bond donors (Lipinski definition) is 0. The summed E-state index contributed by atoms with van der Waals surface area (Å²) in [5, 5.41) is 0.966. The summed E-state index contributed by atoms with van der Waals surface area (Å²) >= 11 is 1.65. The van der Waals surface area contributed by atoms with Crippen LogP contribution in [0.2, 0.25) is 0 Å². The number of aromatic nitrogens is 1. The molecule has 2 saturated heterocycles. The van der Waals surface area contributed by atoms with Crippen LogP contribution < -0.4 is 9.64 Å². The zero-order valence-corrected chi connectivity index (χ0v) is 19.0. The topological polar surface area (TPSA) is 75.2 Å². The first-order valence-electron chi connectivity index (χ1n) is 11.1. The predicted molar refractivity (Wildman–Crippen MR) is 121 cm³/mol. The summed E-state index contributed by atoms with van der Waals surface area (Å²) in [6.07, 6.45) is 1.58. The second-order valence-electron chi connectivity index (χ2n) is 7.86. The molecule has 0 spiro atoms. The lowest BCUT2D eigenvalue weighted by atomic mass is 9.96. The summed E-state index contributed by atoms with van der Waals surface area (Å²) in [5.74, 6) is 1.01. The fraction of sp³-hybridized carbons (Fsp3) is 0.591. The van der Waals surface area contributed by atoms with Crippen molar-refractivity contribution in [3.05, 3.63) is 18.2 Å². The van der Waals surface area contributed by atoms with E-state index in [4.69, 9.17) is 14.5 Å². The van der Waals surface area contributed by atoms with Gasteiger partial charge >= 0.3 is 6.09 Å². The van der Waals surface area contributed by atoms with Crippen LogP contribution >= 0.6 is 11.3 Å². The number of carbonyl (C=O) groups is 2. The molecular weight excluding hydrogens is 416 g/mol. The van der Waals surface area contributed by atoms with E-state index in [1.54, 1.807) is 23.2 Å². The smallest absolute Gasteiger partial charge is 0.409 e. The van der Waals surface area contributed by atoms with Crippen LogP contribution in [-0.4, -0.2) is 79.3 Å². The van der Waals surface area contributed by atoms with E-state index in [2.05, 4.69) is 4.90 Å². The van der Waals surface area contributed by atoms with E-state index < -0.39 is 0 Å². The molecule has 1 aromatic carbocycles. The van der Waals surface area contributed by atoms with Gasteiger partial charge in [-0.25, -0.2) is 9.78 Å². The molecule has 2 aromatic rings. The quantitative estimate of drug-likeness (QED) is 0.702. The average molecular weight is 447 g/mol. The molecule has 3 heterocycles. The number of hydrogen-bond acceptors (Lipinski definition) is 7. The van der Waals surface area contributed by atoms with Gasteiger partial charge in [0.2, 0.25) is 5.91 Å². The van der Waals surface area contributed by atoms with Crippen molar-refractivity contribution in [2.24, 2.45) is 5.92 Å². The summed E-state index contributed by atoms with van der Waals surface area (Å²) < 4.78 is 11.8. The molecule has 2 amide bonds. The number of nitrogens with zero attached hydrogens (tertiary/aromatic N) is 4. The van der Waals surface area contributed by atoms with Gasteiger partial charge in [-0.2, -0.15) is 0 Å². The number of piperazine rings is 1. The van der Waals surface area contributed by atoms with Crippen molar-refractivity contribution >= 4 is 38.7 Å². The maximum Gasteiger partial charge on any atom is 0.409 e. The summed E-state index contributed by atoms with van der Waals surface area (Å²) in [6.45, 7) is 8.58. The Labute approximate surface area is 186 Å². The third-order valence-electron chi connectivity index (χ3n) is 5.82. The zero-order valence-electron chi connectivity index (χ0n) is 18.2. The Morgan fingerprint density at radius 2 is 1.87 bits per heavy atom. The molecule has 1 atom stereocenters. The van der Waals surface area contributed by atoms with E-state index in [1.165, 1.54) is 0 Å². The van der Waals surface area contributed by atoms with Gasteiger partial charge in [0.05, 0.1) is 29.3 Å². The highest BCUT2D eigenvalue weighted by molar-refractivity contribution is 7.22. The van der Waals surface area contributed by atoms with E-state index in [0.717, 1.165) is 40.5 Å². The number of rotatable bonds is 5. The van der Waals surface area contributed by atoms with Gasteiger partial charge in [0.25, 0.3) is 0 Å². The van der Waals surface area contributed by atoms with Crippen LogP contribution in [0.5, 0.6) is 5.75 Å². The number of carbonyl (C=O) groups excluding carboxylic acids is 2. The lowest BCUT2D eigenvalue weighted by Crippen LogP contribution is -2.53. The van der Waals surface area contributed by atoms with Crippen molar-refractivity contribution in [2.75, 3.05) is 57.4 Å². The molecule has 168 valence electrons. The van der Waals surface area contributed by atoms with Crippen LogP contribution in [0.4, 0.5) is 9.93 Å². The van der Waals surface area contributed by atoms with E-state index in [0.29, 0.717) is 45.9 Å². The molecule has 9 heteroatoms. The first-order chi connectivity index (χ1) is 15.1. The molecule has 2 aliphatic rings. The van der Waals surface area contributed by atoms with Gasteiger partial charge in [0, 0.05) is 39.3 Å². The molecular formula is C22H30N4O4S. The molecule has 8 nitrogen and oxygen atoms in total. The fourth-order valence-electron chi connectivity index (χ4n) is 4.22. The zero-order chi connectivity index (χ0) is 21.8. The lowest BCUT2D eigenvalue weighted by Gasteiger charge is -2.38. The van der Waals surface area contributed by atoms with Gasteiger partial charge < -0.3 is 24.2 Å². The van der Waals surface area contributed by atoms with E-state index in [1.807, 2.05) is 30.0 Å². The van der Waals surface area contributed by atoms with Gasteiger partial charge in [-0.15, -0.1) is 0 Å². The van der Waals surface area contributed by atoms with Crippen LogP contribution in [0.25, 0.3) is 10.2 Å². The van der Waals surface area contributed by atoms with Crippen LogP contribution in [0.15, 0.2) is 18.2 Å². The number of thiazole rings is 1. The monoisotopic (exact) mass is 446 g/mol. The summed E-state index contributed by atoms with van der Waals surface area (Å²) in [6, 6.07) is 5.99. The highest BCUT2D eigenvalue weighted by Gasteiger charge is 2.33. The van der Waals surface area contributed by atoms with Crippen LogP contribution in [0.1, 0.15) is 26.7 Å². The minimum absolute atomic E-state index is 0.0334. The summed E-state index contributed by atoms with van der Waals surface area (Å²) in [4.78, 5) is 35.7. The van der Waals surface area contributed by atoms with Gasteiger partial charge in [0.1, 0.15) is 5.75 Å². The van der Waals surface area contributed by atoms with Gasteiger partial charge in [0.15, 0.2) is 5.13 Å². The standard InChI is InChI=1S/C22H30N4O4S/c1-3-29-17-7-8-18-19(14-17)31-21(23-18)26-9-5-6-16(15-26)20(27)24-10-12-25(13-11-24)22(28)30-4-2/h7-8,14,16H,3-6,9-13,15H2,1-2H3/t16-/m1/s1. The van der Waals surface area contributed by atoms with Crippen molar-refractivity contribution < 1.29 is 19.1 Å². The van der Waals surface area contributed by atoms with Gasteiger partial charge in [-0.1, -0.05) is 11.3 Å². The SMILES string of the molecule is CCOC(=O)N1CCN(C(=O)[C@@H]2CCCN(c3nc4ccc(OCC)cc4s3)C2)CC1. The number of ether oxygens (including phenoxy) is 2. The molecule has 0 saturated carbocycles. The normalized spacial score (nSPS) is 19.5. The third kappa shape index (κ3) is 4.87. The highest BCUT2D eigenvalue weighted by Crippen LogP contribution is 2.34. The Morgan fingerprint density at radius 1 is 1.10 bits per heavy atom. The van der Waals surface area contributed by atoms with E-state index >= 15 is 0 Å². The molecule has 0 radical (unpaired) electrons. The van der Waals surface area contributed by atoms with Gasteiger partial charge in [-0.05, 0) is 44.9 Å². The lowest BCUT2D eigenvalue weighted by molar-refractivity contribution is -0.137.